The van der Waals surface area contributed by atoms with Gasteiger partial charge in [-0.15, -0.1) is 11.3 Å². The van der Waals surface area contributed by atoms with E-state index in [9.17, 15) is 14.4 Å². The van der Waals surface area contributed by atoms with Crippen molar-refractivity contribution in [2.45, 2.75) is 51.6 Å². The van der Waals surface area contributed by atoms with Crippen LogP contribution in [0.25, 0.3) is 0 Å². The maximum atomic E-state index is 13.0. The molecule has 2 aromatic heterocycles. The van der Waals surface area contributed by atoms with Crippen molar-refractivity contribution in [2.24, 2.45) is 11.8 Å². The number of carbonyl (C=O) groups excluding carboxylic acids is 2. The highest BCUT2D eigenvalue weighted by molar-refractivity contribution is 7.12. The number of aromatic nitrogens is 2. The summed E-state index contributed by atoms with van der Waals surface area (Å²) in [7, 11) is 0. The summed E-state index contributed by atoms with van der Waals surface area (Å²) in [4.78, 5) is 50.7. The highest BCUT2D eigenvalue weighted by Gasteiger charge is 2.44. The van der Waals surface area contributed by atoms with E-state index in [0.717, 1.165) is 32.2 Å². The van der Waals surface area contributed by atoms with Gasteiger partial charge in [0.05, 0.1) is 23.2 Å². The molecule has 1 saturated carbocycles. The largest absolute Gasteiger partial charge is 0.332 e. The Hall–Kier alpha value is -2.48. The first-order valence-electron chi connectivity index (χ1n) is 10.8. The number of likely N-dealkylation sites (tertiary alicyclic amines) is 1. The zero-order valence-corrected chi connectivity index (χ0v) is 17.9. The maximum Gasteiger partial charge on any atom is 0.264 e. The second-order valence-electron chi connectivity index (χ2n) is 8.69. The fraction of sp³-hybridized carbons (Fsp3) is 0.545. The lowest BCUT2D eigenvalue weighted by molar-refractivity contribution is -0.137. The summed E-state index contributed by atoms with van der Waals surface area (Å²) in [6, 6.07) is 3.51. The Kier molecular flexibility index (Phi) is 4.97. The Morgan fingerprint density at radius 2 is 2.10 bits per heavy atom. The molecule has 0 unspecified atom stereocenters. The van der Waals surface area contributed by atoms with E-state index in [0.29, 0.717) is 47.4 Å². The molecule has 0 aromatic carbocycles. The van der Waals surface area contributed by atoms with Crippen LogP contribution in [-0.2, 0) is 17.8 Å². The van der Waals surface area contributed by atoms with Crippen LogP contribution in [0.4, 0.5) is 0 Å². The number of rotatable bonds is 3. The van der Waals surface area contributed by atoms with Crippen molar-refractivity contribution in [3.63, 3.8) is 0 Å². The maximum absolute atomic E-state index is 13.0. The van der Waals surface area contributed by atoms with Crippen molar-refractivity contribution in [1.29, 1.82) is 0 Å². The molecule has 0 radical (unpaired) electrons. The van der Waals surface area contributed by atoms with E-state index in [1.165, 1.54) is 11.3 Å². The first-order chi connectivity index (χ1) is 14.5. The minimum absolute atomic E-state index is 0.0172. The van der Waals surface area contributed by atoms with E-state index < -0.39 is 0 Å². The van der Waals surface area contributed by atoms with Gasteiger partial charge >= 0.3 is 0 Å². The number of piperidine rings is 1. The summed E-state index contributed by atoms with van der Waals surface area (Å²) < 4.78 is 0. The monoisotopic (exact) mass is 426 g/mol. The molecule has 3 atom stereocenters. The number of nitrogens with one attached hydrogen (secondary N) is 1. The van der Waals surface area contributed by atoms with Crippen LogP contribution in [0.2, 0.25) is 0 Å². The molecule has 30 heavy (non-hydrogen) atoms. The van der Waals surface area contributed by atoms with Crippen molar-refractivity contribution >= 4 is 23.2 Å². The fourth-order valence-electron chi connectivity index (χ4n) is 4.70. The lowest BCUT2D eigenvalue weighted by Gasteiger charge is -2.36. The SMILES string of the molecule is C[C@@H]1C[C@@H]1C(=O)N1CCCC[C@@H]1c1nc2c(c(=O)[nH]1)CCN(C(=O)c1cccs1)C2. The molecule has 4 heterocycles. The lowest BCUT2D eigenvalue weighted by atomic mass is 9.99. The summed E-state index contributed by atoms with van der Waals surface area (Å²) >= 11 is 1.42. The number of H-pyrrole nitrogens is 1. The Balaban J connectivity index is 1.42. The standard InChI is InChI=1S/C22H26N4O3S/c1-13-11-15(13)21(28)26-8-3-2-5-17(26)19-23-16-12-25(9-7-14(16)20(27)24-19)22(29)18-6-4-10-30-18/h4,6,10,13,15,17H,2-3,5,7-9,11-12H2,1H3,(H,23,24,27)/t13-,15+,17-/m1/s1. The van der Waals surface area contributed by atoms with E-state index in [1.807, 2.05) is 22.4 Å². The second-order valence-corrected chi connectivity index (χ2v) is 9.64. The Bertz CT molecular complexity index is 1030. The van der Waals surface area contributed by atoms with Gasteiger partial charge < -0.3 is 14.8 Å². The molecule has 0 spiro atoms. The van der Waals surface area contributed by atoms with Gasteiger partial charge in [0.15, 0.2) is 0 Å². The van der Waals surface area contributed by atoms with E-state index in [4.69, 9.17) is 4.98 Å². The predicted octanol–water partition coefficient (Wildman–Crippen LogP) is 2.74. The van der Waals surface area contributed by atoms with Crippen LogP contribution >= 0.6 is 11.3 Å². The molecule has 2 fully saturated rings. The van der Waals surface area contributed by atoms with E-state index in [2.05, 4.69) is 11.9 Å². The van der Waals surface area contributed by atoms with Crippen LogP contribution in [0.3, 0.4) is 0 Å². The number of amides is 2. The van der Waals surface area contributed by atoms with Gasteiger partial charge in [0.2, 0.25) is 5.91 Å². The molecular weight excluding hydrogens is 400 g/mol. The summed E-state index contributed by atoms with van der Waals surface area (Å²) in [6.45, 7) is 3.68. The number of aromatic amines is 1. The molecule has 2 amide bonds. The van der Waals surface area contributed by atoms with Gasteiger partial charge in [-0.3, -0.25) is 14.4 Å². The van der Waals surface area contributed by atoms with Gasteiger partial charge in [-0.05, 0) is 49.5 Å². The fourth-order valence-corrected chi connectivity index (χ4v) is 5.40. The van der Waals surface area contributed by atoms with Crippen molar-refractivity contribution in [1.82, 2.24) is 19.8 Å². The van der Waals surface area contributed by atoms with E-state index in [-0.39, 0.29) is 29.3 Å². The number of hydrogen-bond acceptors (Lipinski definition) is 5. The number of hydrogen-bond donors (Lipinski definition) is 1. The summed E-state index contributed by atoms with van der Waals surface area (Å²) in [5.41, 5.74) is 1.21. The zero-order valence-electron chi connectivity index (χ0n) is 17.1. The van der Waals surface area contributed by atoms with Crippen LogP contribution in [0.5, 0.6) is 0 Å². The quantitative estimate of drug-likeness (QED) is 0.818. The molecule has 2 aliphatic heterocycles. The van der Waals surface area contributed by atoms with Gasteiger partial charge in [-0.1, -0.05) is 13.0 Å². The van der Waals surface area contributed by atoms with Gasteiger partial charge in [0, 0.05) is 24.6 Å². The Labute approximate surface area is 179 Å². The Morgan fingerprint density at radius 1 is 1.27 bits per heavy atom. The van der Waals surface area contributed by atoms with Gasteiger partial charge in [0.25, 0.3) is 11.5 Å². The number of nitrogens with zero attached hydrogens (tertiary/aromatic N) is 3. The van der Waals surface area contributed by atoms with Gasteiger partial charge in [-0.25, -0.2) is 4.98 Å². The van der Waals surface area contributed by atoms with Crippen molar-refractivity contribution in [3.05, 3.63) is 49.8 Å². The average Bonchev–Trinajstić information content (AvgIpc) is 3.25. The number of fused-ring (bicyclic) bond motifs is 1. The number of carbonyl (C=O) groups is 2. The summed E-state index contributed by atoms with van der Waals surface area (Å²) in [5.74, 6) is 1.32. The third kappa shape index (κ3) is 3.47. The molecule has 2 aromatic rings. The van der Waals surface area contributed by atoms with Crippen molar-refractivity contribution in [3.8, 4) is 0 Å². The second kappa shape index (κ2) is 7.65. The first-order valence-corrected chi connectivity index (χ1v) is 11.7. The number of thiophene rings is 1. The van der Waals surface area contributed by atoms with Crippen molar-refractivity contribution in [2.75, 3.05) is 13.1 Å². The van der Waals surface area contributed by atoms with Gasteiger partial charge in [-0.2, -0.15) is 0 Å². The molecular formula is C22H26N4O3S. The third-order valence-electron chi connectivity index (χ3n) is 6.64. The molecule has 8 heteroatoms. The van der Waals surface area contributed by atoms with Crippen LogP contribution in [0.1, 0.15) is 65.4 Å². The normalized spacial score (nSPS) is 25.7. The molecule has 1 saturated heterocycles. The van der Waals surface area contributed by atoms with Crippen LogP contribution in [0, 0.1) is 11.8 Å². The van der Waals surface area contributed by atoms with E-state index >= 15 is 0 Å². The smallest absolute Gasteiger partial charge is 0.264 e. The lowest BCUT2D eigenvalue weighted by Crippen LogP contribution is -2.43. The van der Waals surface area contributed by atoms with Crippen LogP contribution in [-0.4, -0.2) is 44.7 Å². The minimum atomic E-state index is -0.180. The molecule has 5 rings (SSSR count). The molecule has 158 valence electrons. The molecule has 1 aliphatic carbocycles. The average molecular weight is 427 g/mol. The minimum Gasteiger partial charge on any atom is -0.332 e. The zero-order chi connectivity index (χ0) is 20.8. The van der Waals surface area contributed by atoms with E-state index in [1.54, 1.807) is 4.90 Å². The Morgan fingerprint density at radius 3 is 2.83 bits per heavy atom. The predicted molar refractivity (Wildman–Crippen MR) is 113 cm³/mol. The summed E-state index contributed by atoms with van der Waals surface area (Å²) in [5, 5.41) is 1.89. The molecule has 0 bridgehead atoms. The highest BCUT2D eigenvalue weighted by Crippen LogP contribution is 2.42. The summed E-state index contributed by atoms with van der Waals surface area (Å²) in [6.07, 6.45) is 4.27. The highest BCUT2D eigenvalue weighted by atomic mass is 32.1. The van der Waals surface area contributed by atoms with Crippen LogP contribution < -0.4 is 5.56 Å². The van der Waals surface area contributed by atoms with Crippen molar-refractivity contribution < 1.29 is 9.59 Å². The molecule has 7 nitrogen and oxygen atoms in total. The molecule has 3 aliphatic rings. The molecule has 1 N–H and O–H groups in total. The van der Waals surface area contributed by atoms with Crippen LogP contribution in [0.15, 0.2) is 22.3 Å². The first kappa shape index (κ1) is 19.5. The third-order valence-corrected chi connectivity index (χ3v) is 7.50. The van der Waals surface area contributed by atoms with Gasteiger partial charge in [0.1, 0.15) is 5.82 Å². The topological polar surface area (TPSA) is 86.4 Å².